The molecule has 0 fully saturated rings. The second-order valence-electron chi connectivity index (χ2n) is 9.95. The van der Waals surface area contributed by atoms with Crippen molar-refractivity contribution in [2.45, 2.75) is 0 Å². The zero-order valence-corrected chi connectivity index (χ0v) is 21.4. The van der Waals surface area contributed by atoms with Crippen LogP contribution in [0.1, 0.15) is 11.0 Å². The monoisotopic (exact) mass is 514 g/mol. The molecule has 186 valence electrons. The van der Waals surface area contributed by atoms with E-state index in [0.29, 0.717) is 22.3 Å². The first-order valence-electron chi connectivity index (χ1n) is 17.2. The Kier molecular flexibility index (Phi) is 3.70. The van der Waals surface area contributed by atoms with Crippen molar-refractivity contribution in [3.63, 3.8) is 0 Å². The molecule has 40 heavy (non-hydrogen) atoms. The van der Waals surface area contributed by atoms with Crippen LogP contribution in [0.3, 0.4) is 0 Å². The van der Waals surface area contributed by atoms with Crippen LogP contribution in [-0.4, -0.2) is 0 Å². The van der Waals surface area contributed by atoms with Crippen molar-refractivity contribution in [2.75, 3.05) is 0 Å². The van der Waals surface area contributed by atoms with Crippen LogP contribution >= 0.6 is 0 Å². The topological polar surface area (TPSA) is 0 Å². The summed E-state index contributed by atoms with van der Waals surface area (Å²) in [7, 11) is 0. The van der Waals surface area contributed by atoms with Gasteiger partial charge in [-0.1, -0.05) is 145 Å². The normalized spacial score (nSPS) is 14.3. The van der Waals surface area contributed by atoms with Crippen molar-refractivity contribution in [3.05, 3.63) is 158 Å². The van der Waals surface area contributed by atoms with Gasteiger partial charge in [0.2, 0.25) is 0 Å². The number of benzene rings is 8. The van der Waals surface area contributed by atoms with Crippen LogP contribution in [0.4, 0.5) is 0 Å². The zero-order chi connectivity index (χ0) is 33.4. The number of fused-ring (bicyclic) bond motifs is 4. The van der Waals surface area contributed by atoms with E-state index in [0.717, 1.165) is 32.7 Å². The average Bonchev–Trinajstić information content (AvgIpc) is 3.13. The third-order valence-corrected chi connectivity index (χ3v) is 7.67. The van der Waals surface area contributed by atoms with Gasteiger partial charge >= 0.3 is 0 Å². The van der Waals surface area contributed by atoms with Crippen LogP contribution < -0.4 is 0 Å². The lowest BCUT2D eigenvalue weighted by molar-refractivity contribution is 1.63. The van der Waals surface area contributed by atoms with Gasteiger partial charge in [-0.25, -0.2) is 0 Å². The van der Waals surface area contributed by atoms with Crippen LogP contribution in [0.2, 0.25) is 0 Å². The molecule has 0 N–H and O–H groups in total. The highest BCUT2D eigenvalue weighted by Crippen LogP contribution is 2.44. The molecule has 0 atom stereocenters. The van der Waals surface area contributed by atoms with Crippen molar-refractivity contribution < 1.29 is 11.0 Å². The molecule has 0 aliphatic rings. The fourth-order valence-electron chi connectivity index (χ4n) is 5.75. The van der Waals surface area contributed by atoms with Gasteiger partial charge in [-0.3, -0.25) is 0 Å². The summed E-state index contributed by atoms with van der Waals surface area (Å²) in [6.07, 6.45) is 0. The molecule has 0 aromatic heterocycles. The predicted molar refractivity (Wildman–Crippen MR) is 173 cm³/mol. The van der Waals surface area contributed by atoms with E-state index < -0.39 is 24.2 Å². The third-order valence-electron chi connectivity index (χ3n) is 7.67. The quantitative estimate of drug-likeness (QED) is 0.206. The van der Waals surface area contributed by atoms with Crippen molar-refractivity contribution in [2.24, 2.45) is 0 Å². The number of hydrogen-bond acceptors (Lipinski definition) is 0. The second kappa shape index (κ2) is 9.22. The van der Waals surface area contributed by atoms with Crippen molar-refractivity contribution in [3.8, 4) is 33.4 Å². The van der Waals surface area contributed by atoms with Gasteiger partial charge in [0.1, 0.15) is 0 Å². The van der Waals surface area contributed by atoms with Gasteiger partial charge in [-0.2, -0.15) is 0 Å². The maximum Gasteiger partial charge on any atom is 0.0629 e. The minimum absolute atomic E-state index is 0.208. The highest BCUT2D eigenvalue weighted by atomic mass is 14.2. The first-order chi connectivity index (χ1) is 23.2. The third kappa shape index (κ3) is 3.69. The average molecular weight is 515 g/mol. The Bertz CT molecular complexity index is 2560. The maximum atomic E-state index is 9.17. The molecule has 0 heterocycles. The van der Waals surface area contributed by atoms with E-state index in [4.69, 9.17) is 8.22 Å². The van der Waals surface area contributed by atoms with E-state index in [1.54, 1.807) is 0 Å². The number of rotatable bonds is 3. The molecular weight excluding hydrogens is 480 g/mol. The molecule has 8 rings (SSSR count). The van der Waals surface area contributed by atoms with Crippen molar-refractivity contribution in [1.29, 1.82) is 0 Å². The standard InChI is InChI=1S/C40H26/c1-3-11-31-25-33(23-19-27(31)9-1)29-17-21-30(22-18-29)39-35-13-5-7-15-37(35)40(38-16-8-6-14-36(38)39)34-24-20-28-10-2-4-12-32(28)26-34/h1-26H/i5D,6D,7D,8D,13D,14D,15D,16D. The lowest BCUT2D eigenvalue weighted by atomic mass is 9.85. The summed E-state index contributed by atoms with van der Waals surface area (Å²) in [6.45, 7) is 0. The van der Waals surface area contributed by atoms with E-state index in [2.05, 4.69) is 24.3 Å². The highest BCUT2D eigenvalue weighted by Gasteiger charge is 2.16. The summed E-state index contributed by atoms with van der Waals surface area (Å²) in [6, 6.07) is 32.6. The van der Waals surface area contributed by atoms with E-state index in [1.807, 2.05) is 84.9 Å². The smallest absolute Gasteiger partial charge is 0.0616 e. The summed E-state index contributed by atoms with van der Waals surface area (Å²) < 4.78 is 71.3. The van der Waals surface area contributed by atoms with Crippen LogP contribution in [0.25, 0.3) is 76.5 Å². The molecule has 0 saturated heterocycles. The molecule has 8 aromatic carbocycles. The molecule has 0 aliphatic heterocycles. The van der Waals surface area contributed by atoms with Gasteiger partial charge in [-0.05, 0) is 88.6 Å². The molecule has 0 amide bonds. The Balaban J connectivity index is 1.51. The first-order valence-corrected chi connectivity index (χ1v) is 13.2. The van der Waals surface area contributed by atoms with Crippen LogP contribution in [0, 0.1) is 0 Å². The molecule has 0 heteroatoms. The van der Waals surface area contributed by atoms with Gasteiger partial charge in [0.25, 0.3) is 0 Å². The largest absolute Gasteiger partial charge is 0.0629 e. The minimum atomic E-state index is -0.411. The fraction of sp³-hybridized carbons (Fsp3) is 0. The molecule has 8 aromatic rings. The molecule has 0 nitrogen and oxygen atoms in total. The van der Waals surface area contributed by atoms with Gasteiger partial charge in [-0.15, -0.1) is 0 Å². The molecule has 0 radical (unpaired) electrons. The van der Waals surface area contributed by atoms with Gasteiger partial charge in [0.15, 0.2) is 0 Å². The Hall–Kier alpha value is -5.20. The molecule has 0 aliphatic carbocycles. The van der Waals surface area contributed by atoms with E-state index >= 15 is 0 Å². The molecular formula is C40H26. The summed E-state index contributed by atoms with van der Waals surface area (Å²) in [5.74, 6) is 0. The second-order valence-corrected chi connectivity index (χ2v) is 9.95. The fourth-order valence-corrected chi connectivity index (χ4v) is 5.75. The highest BCUT2D eigenvalue weighted by molar-refractivity contribution is 6.21. The number of hydrogen-bond donors (Lipinski definition) is 0. The molecule has 0 bridgehead atoms. The van der Waals surface area contributed by atoms with Crippen molar-refractivity contribution >= 4 is 43.1 Å². The van der Waals surface area contributed by atoms with E-state index in [-0.39, 0.29) is 45.7 Å². The van der Waals surface area contributed by atoms with Gasteiger partial charge < -0.3 is 0 Å². The van der Waals surface area contributed by atoms with Gasteiger partial charge in [0, 0.05) is 0 Å². The first kappa shape index (κ1) is 16.0. The summed E-state index contributed by atoms with van der Waals surface area (Å²) in [4.78, 5) is 0. The summed E-state index contributed by atoms with van der Waals surface area (Å²) in [5, 5.41) is 4.94. The molecule has 0 unspecified atom stereocenters. The maximum absolute atomic E-state index is 9.17. The van der Waals surface area contributed by atoms with Crippen LogP contribution in [-0.2, 0) is 0 Å². The van der Waals surface area contributed by atoms with Crippen LogP contribution in [0.5, 0.6) is 0 Å². The molecule has 0 saturated carbocycles. The lowest BCUT2D eigenvalue weighted by Crippen LogP contribution is -1.91. The SMILES string of the molecule is [2H]c1c([2H])c([2H])c2c(-c3ccc4ccccc4c3)c3c([2H])c([2H])c([2H])c([2H])c3c(-c3ccc(-c4ccc5ccccc5c4)cc3)c2c1[2H]. The predicted octanol–water partition coefficient (Wildman–Crippen LogP) is 11.3. The Labute approximate surface area is 245 Å². The van der Waals surface area contributed by atoms with E-state index in [1.165, 1.54) is 0 Å². The van der Waals surface area contributed by atoms with E-state index in [9.17, 15) is 2.74 Å². The van der Waals surface area contributed by atoms with Gasteiger partial charge in [0.05, 0.1) is 11.0 Å². The lowest BCUT2D eigenvalue weighted by Gasteiger charge is -2.18. The van der Waals surface area contributed by atoms with Crippen molar-refractivity contribution in [1.82, 2.24) is 0 Å². The Morgan fingerprint density at radius 2 is 0.700 bits per heavy atom. The minimum Gasteiger partial charge on any atom is -0.0616 e. The molecule has 0 spiro atoms. The summed E-state index contributed by atoms with van der Waals surface area (Å²) >= 11 is 0. The van der Waals surface area contributed by atoms with Crippen LogP contribution in [0.15, 0.2) is 158 Å². The Morgan fingerprint density at radius 1 is 0.325 bits per heavy atom. The summed E-state index contributed by atoms with van der Waals surface area (Å²) in [5.41, 5.74) is 3.81. The zero-order valence-electron chi connectivity index (χ0n) is 29.4. The Morgan fingerprint density at radius 3 is 1.23 bits per heavy atom.